The van der Waals surface area contributed by atoms with Crippen molar-refractivity contribution in [1.29, 1.82) is 0 Å². The van der Waals surface area contributed by atoms with Gasteiger partial charge in [0.1, 0.15) is 11.3 Å². The number of hydrogen-bond acceptors (Lipinski definition) is 5. The van der Waals surface area contributed by atoms with E-state index in [0.29, 0.717) is 22.7 Å². The van der Waals surface area contributed by atoms with Gasteiger partial charge in [-0.3, -0.25) is 4.79 Å². The van der Waals surface area contributed by atoms with Crippen molar-refractivity contribution in [3.63, 3.8) is 0 Å². The number of fused-ring (bicyclic) bond motifs is 1. The van der Waals surface area contributed by atoms with Gasteiger partial charge in [0, 0.05) is 16.7 Å². The summed E-state index contributed by atoms with van der Waals surface area (Å²) in [7, 11) is 1.62. The molecule has 0 radical (unpaired) electrons. The van der Waals surface area contributed by atoms with Gasteiger partial charge in [-0.1, -0.05) is 26.8 Å². The van der Waals surface area contributed by atoms with Crippen molar-refractivity contribution in [2.75, 3.05) is 12.4 Å². The van der Waals surface area contributed by atoms with Crippen LogP contribution in [0, 0.1) is 5.41 Å². The van der Waals surface area contributed by atoms with Gasteiger partial charge in [-0.25, -0.2) is 4.98 Å². The van der Waals surface area contributed by atoms with Gasteiger partial charge in [0.25, 0.3) is 0 Å². The van der Waals surface area contributed by atoms with Gasteiger partial charge < -0.3 is 19.8 Å². The van der Waals surface area contributed by atoms with E-state index in [1.54, 1.807) is 7.11 Å². The third-order valence-electron chi connectivity index (χ3n) is 3.87. The molecule has 1 heterocycles. The minimum absolute atomic E-state index is 0.150. The van der Waals surface area contributed by atoms with Crippen LogP contribution in [0.25, 0.3) is 22.6 Å². The molecule has 0 spiro atoms. The lowest BCUT2D eigenvalue weighted by Crippen LogP contribution is -2.41. The monoisotopic (exact) mass is 383 g/mol. The Morgan fingerprint density at radius 3 is 2.67 bits per heavy atom. The topological polar surface area (TPSA) is 76.4 Å². The number of carbonyl (C=O) groups excluding carboxylic acids is 1. The van der Waals surface area contributed by atoms with E-state index in [1.165, 1.54) is 0 Å². The summed E-state index contributed by atoms with van der Waals surface area (Å²) >= 11 is 5.21. The number of oxazole rings is 1. The number of methoxy groups -OCH3 is 1. The van der Waals surface area contributed by atoms with Gasteiger partial charge in [0.05, 0.1) is 7.11 Å². The van der Waals surface area contributed by atoms with Crippen molar-refractivity contribution in [3.05, 3.63) is 42.5 Å². The molecule has 2 aromatic carbocycles. The highest BCUT2D eigenvalue weighted by atomic mass is 32.1. The molecule has 0 atom stereocenters. The quantitative estimate of drug-likeness (QED) is 0.655. The predicted molar refractivity (Wildman–Crippen MR) is 110 cm³/mol. The summed E-state index contributed by atoms with van der Waals surface area (Å²) in [6, 6.07) is 13.0. The van der Waals surface area contributed by atoms with E-state index in [-0.39, 0.29) is 11.0 Å². The van der Waals surface area contributed by atoms with Crippen molar-refractivity contribution in [2.24, 2.45) is 5.41 Å². The molecule has 0 aliphatic rings. The second-order valence-electron chi connectivity index (χ2n) is 7.09. The number of amides is 1. The summed E-state index contributed by atoms with van der Waals surface area (Å²) in [5, 5.41) is 5.93. The average molecular weight is 383 g/mol. The molecule has 3 aromatic rings. The normalized spacial score (nSPS) is 11.3. The molecule has 1 aromatic heterocycles. The van der Waals surface area contributed by atoms with Gasteiger partial charge in [-0.05, 0) is 48.6 Å². The Morgan fingerprint density at radius 1 is 1.19 bits per heavy atom. The first-order valence-electron chi connectivity index (χ1n) is 8.44. The number of thiocarbonyl (C=S) groups is 1. The molecule has 27 heavy (non-hydrogen) atoms. The molecule has 0 aliphatic carbocycles. The van der Waals surface area contributed by atoms with Crippen molar-refractivity contribution in [3.8, 4) is 17.2 Å². The average Bonchev–Trinajstić information content (AvgIpc) is 3.04. The largest absolute Gasteiger partial charge is 0.497 e. The van der Waals surface area contributed by atoms with Gasteiger partial charge in [-0.2, -0.15) is 0 Å². The summed E-state index contributed by atoms with van der Waals surface area (Å²) < 4.78 is 11.1. The molecular formula is C20H21N3O3S. The second-order valence-corrected chi connectivity index (χ2v) is 7.50. The van der Waals surface area contributed by atoms with Crippen LogP contribution >= 0.6 is 12.2 Å². The first-order valence-corrected chi connectivity index (χ1v) is 8.84. The fraction of sp³-hybridized carbons (Fsp3) is 0.250. The number of hydrogen-bond donors (Lipinski definition) is 2. The zero-order chi connectivity index (χ0) is 19.6. The molecule has 6 nitrogen and oxygen atoms in total. The van der Waals surface area contributed by atoms with Crippen LogP contribution in [0.3, 0.4) is 0 Å². The highest BCUT2D eigenvalue weighted by Crippen LogP contribution is 2.28. The number of carbonyl (C=O) groups is 1. The Balaban J connectivity index is 1.79. The zero-order valence-corrected chi connectivity index (χ0v) is 16.4. The SMILES string of the molecule is COc1cccc(-c2nc3cc(NC(=S)NC(=O)C(C)(C)C)ccc3o2)c1. The van der Waals surface area contributed by atoms with E-state index in [9.17, 15) is 4.79 Å². The minimum atomic E-state index is -0.520. The molecule has 0 aliphatic heterocycles. The zero-order valence-electron chi connectivity index (χ0n) is 15.6. The molecule has 2 N–H and O–H groups in total. The summed E-state index contributed by atoms with van der Waals surface area (Å²) in [6.45, 7) is 5.48. The highest BCUT2D eigenvalue weighted by Gasteiger charge is 2.22. The standard InChI is InChI=1S/C20H21N3O3S/c1-20(2,3)18(24)23-19(27)21-13-8-9-16-15(11-13)22-17(26-16)12-6-5-7-14(10-12)25-4/h5-11H,1-4H3,(H2,21,23,24,27). The van der Waals surface area contributed by atoms with E-state index < -0.39 is 5.41 Å². The van der Waals surface area contributed by atoms with E-state index >= 15 is 0 Å². The van der Waals surface area contributed by atoms with Crippen molar-refractivity contribution >= 4 is 40.0 Å². The number of rotatable bonds is 3. The van der Waals surface area contributed by atoms with Crippen molar-refractivity contribution < 1.29 is 13.9 Å². The summed E-state index contributed by atoms with van der Waals surface area (Å²) in [4.78, 5) is 16.5. The maximum Gasteiger partial charge on any atom is 0.231 e. The third-order valence-corrected chi connectivity index (χ3v) is 4.07. The Morgan fingerprint density at radius 2 is 1.96 bits per heavy atom. The molecule has 3 rings (SSSR count). The Bertz CT molecular complexity index is 1010. The maximum atomic E-state index is 12.0. The molecular weight excluding hydrogens is 362 g/mol. The molecule has 0 bridgehead atoms. The van der Waals surface area contributed by atoms with Gasteiger partial charge in [0.2, 0.25) is 11.8 Å². The highest BCUT2D eigenvalue weighted by molar-refractivity contribution is 7.80. The minimum Gasteiger partial charge on any atom is -0.497 e. The van der Waals surface area contributed by atoms with Crippen molar-refractivity contribution in [1.82, 2.24) is 10.3 Å². The second kappa shape index (κ2) is 7.36. The molecule has 0 saturated heterocycles. The van der Waals surface area contributed by atoms with E-state index in [4.69, 9.17) is 21.4 Å². The lowest BCUT2D eigenvalue weighted by Gasteiger charge is -2.18. The predicted octanol–water partition coefficient (Wildman–Crippen LogP) is 4.36. The van der Waals surface area contributed by atoms with Gasteiger partial charge in [-0.15, -0.1) is 0 Å². The first-order chi connectivity index (χ1) is 12.8. The number of benzene rings is 2. The van der Waals surface area contributed by atoms with Gasteiger partial charge >= 0.3 is 0 Å². The van der Waals surface area contributed by atoms with Crippen LogP contribution in [0.4, 0.5) is 5.69 Å². The van der Waals surface area contributed by atoms with Crippen LogP contribution in [-0.4, -0.2) is 23.1 Å². The number of nitrogens with one attached hydrogen (secondary N) is 2. The van der Waals surface area contributed by atoms with Gasteiger partial charge in [0.15, 0.2) is 10.7 Å². The molecule has 0 fully saturated rings. The summed E-state index contributed by atoms with van der Waals surface area (Å²) in [5.41, 5.74) is 2.36. The molecule has 0 unspecified atom stereocenters. The smallest absolute Gasteiger partial charge is 0.231 e. The van der Waals surface area contributed by atoms with Crippen LogP contribution in [0.15, 0.2) is 46.9 Å². The first kappa shape index (κ1) is 18.8. The lowest BCUT2D eigenvalue weighted by molar-refractivity contribution is -0.126. The number of nitrogens with zero attached hydrogens (tertiary/aromatic N) is 1. The number of aromatic nitrogens is 1. The molecule has 7 heteroatoms. The van der Waals surface area contributed by atoms with Crippen LogP contribution in [0.1, 0.15) is 20.8 Å². The van der Waals surface area contributed by atoms with E-state index in [0.717, 1.165) is 11.3 Å². The number of anilines is 1. The van der Waals surface area contributed by atoms with Crippen LogP contribution in [0.2, 0.25) is 0 Å². The summed E-state index contributed by atoms with van der Waals surface area (Å²) in [5.74, 6) is 1.09. The van der Waals surface area contributed by atoms with Crippen LogP contribution in [-0.2, 0) is 4.79 Å². The van der Waals surface area contributed by atoms with Crippen molar-refractivity contribution in [2.45, 2.75) is 20.8 Å². The Kier molecular flexibility index (Phi) is 5.14. The molecule has 0 saturated carbocycles. The van der Waals surface area contributed by atoms with E-state index in [1.807, 2.05) is 63.2 Å². The Hall–Kier alpha value is -2.93. The Labute approximate surface area is 162 Å². The third kappa shape index (κ3) is 4.43. The molecule has 1 amide bonds. The molecule has 140 valence electrons. The van der Waals surface area contributed by atoms with E-state index in [2.05, 4.69) is 15.6 Å². The fourth-order valence-electron chi connectivity index (χ4n) is 2.34. The van der Waals surface area contributed by atoms with Crippen LogP contribution < -0.4 is 15.4 Å². The maximum absolute atomic E-state index is 12.0. The number of ether oxygens (including phenoxy) is 1. The summed E-state index contributed by atoms with van der Waals surface area (Å²) in [6.07, 6.45) is 0. The fourth-order valence-corrected chi connectivity index (χ4v) is 2.55. The van der Waals surface area contributed by atoms with Crippen LogP contribution in [0.5, 0.6) is 5.75 Å². The lowest BCUT2D eigenvalue weighted by atomic mass is 9.96.